The third-order valence-electron chi connectivity index (χ3n) is 10.2. The van der Waals surface area contributed by atoms with Crippen LogP contribution in [0.3, 0.4) is 0 Å². The van der Waals surface area contributed by atoms with Gasteiger partial charge in [-0.1, -0.05) is 189 Å². The molecule has 1 heteroatoms. The Morgan fingerprint density at radius 3 is 1.67 bits per heavy atom. The summed E-state index contributed by atoms with van der Waals surface area (Å²) in [7, 11) is 0. The van der Waals surface area contributed by atoms with Gasteiger partial charge in [-0.15, -0.1) is 0 Å². The number of hydrogen-bond acceptors (Lipinski definition) is 1. The Morgan fingerprint density at radius 1 is 0.509 bits per heavy atom. The van der Waals surface area contributed by atoms with E-state index in [2.05, 4.69) is 212 Å². The Kier molecular flexibility index (Phi) is 10.4. The predicted octanol–water partition coefficient (Wildman–Crippen LogP) is 15.3. The van der Waals surface area contributed by atoms with E-state index in [1.54, 1.807) is 0 Å². The number of anilines is 3. The van der Waals surface area contributed by atoms with Gasteiger partial charge in [0.05, 0.1) is 0 Å². The molecule has 7 aromatic carbocycles. The first-order valence-electron chi connectivity index (χ1n) is 19.0. The van der Waals surface area contributed by atoms with Gasteiger partial charge in [-0.3, -0.25) is 0 Å². The van der Waals surface area contributed by atoms with Crippen LogP contribution >= 0.6 is 0 Å². The number of hydrogen-bond donors (Lipinski definition) is 0. The first-order valence-corrected chi connectivity index (χ1v) is 19.0. The fraction of sp³-hybridized carbons (Fsp3) is 0.0370. The summed E-state index contributed by atoms with van der Waals surface area (Å²) in [5, 5.41) is 2.37. The molecule has 0 saturated heterocycles. The highest BCUT2D eigenvalue weighted by Gasteiger charge is 2.26. The molecule has 0 aliphatic heterocycles. The Labute approximate surface area is 325 Å². The summed E-state index contributed by atoms with van der Waals surface area (Å²) >= 11 is 0. The molecule has 0 saturated carbocycles. The fourth-order valence-corrected chi connectivity index (χ4v) is 7.70. The fourth-order valence-electron chi connectivity index (χ4n) is 7.70. The molecular weight excluding hydrogens is 663 g/mol. The van der Waals surface area contributed by atoms with Gasteiger partial charge in [-0.2, -0.15) is 0 Å². The molecule has 0 aromatic heterocycles. The normalized spacial score (nSPS) is 12.8. The zero-order chi connectivity index (χ0) is 37.4. The number of allylic oxidation sites excluding steroid dienone is 8. The summed E-state index contributed by atoms with van der Waals surface area (Å²) in [5.74, 6) is 0. The summed E-state index contributed by atoms with van der Waals surface area (Å²) in [4.78, 5) is 2.36. The van der Waals surface area contributed by atoms with Crippen molar-refractivity contribution in [2.75, 3.05) is 4.90 Å². The molecule has 0 fully saturated rings. The first kappa shape index (κ1) is 35.1. The largest absolute Gasteiger partial charge is 0.310 e. The van der Waals surface area contributed by atoms with Gasteiger partial charge in [-0.05, 0) is 116 Å². The zero-order valence-corrected chi connectivity index (χ0v) is 31.0. The van der Waals surface area contributed by atoms with Crippen molar-refractivity contribution in [2.45, 2.75) is 12.8 Å². The number of benzene rings is 7. The molecule has 1 aliphatic rings. The molecule has 8 rings (SSSR count). The Hall–Kier alpha value is -6.96. The van der Waals surface area contributed by atoms with Crippen molar-refractivity contribution in [1.29, 1.82) is 0 Å². The van der Waals surface area contributed by atoms with Gasteiger partial charge in [0.1, 0.15) is 0 Å². The van der Waals surface area contributed by atoms with Gasteiger partial charge in [0.2, 0.25) is 0 Å². The quantitative estimate of drug-likeness (QED) is 0.0957. The third kappa shape index (κ3) is 7.34. The lowest BCUT2D eigenvalue weighted by atomic mass is 9.77. The molecule has 1 nitrogen and oxygen atoms in total. The highest BCUT2D eigenvalue weighted by atomic mass is 15.1. The second kappa shape index (κ2) is 16.4. The van der Waals surface area contributed by atoms with Gasteiger partial charge in [0.15, 0.2) is 0 Å². The smallest absolute Gasteiger partial charge is 0.0468 e. The number of rotatable bonds is 11. The summed E-state index contributed by atoms with van der Waals surface area (Å²) in [5.41, 5.74) is 14.9. The van der Waals surface area contributed by atoms with Crippen LogP contribution in [0.2, 0.25) is 0 Å². The maximum Gasteiger partial charge on any atom is 0.0468 e. The van der Waals surface area contributed by atoms with Gasteiger partial charge in [-0.25, -0.2) is 0 Å². The second-order valence-corrected chi connectivity index (χ2v) is 13.7. The van der Waals surface area contributed by atoms with Crippen molar-refractivity contribution >= 4 is 51.1 Å². The van der Waals surface area contributed by atoms with E-state index in [1.165, 1.54) is 44.2 Å². The SMILES string of the molecule is C=C/C=C(\C=C)c1c(C2=CCCC=C2)c(-c2ccccc2)c2ccc(N(c3ccccc3)c3ccc(/C=C/c4ccccc4)cc3)cc2c1-c1ccccc1. The minimum atomic E-state index is 0.999. The molecule has 0 unspecified atom stereocenters. The minimum Gasteiger partial charge on any atom is -0.310 e. The minimum absolute atomic E-state index is 0.999. The van der Waals surface area contributed by atoms with Crippen LogP contribution in [0.5, 0.6) is 0 Å². The zero-order valence-electron chi connectivity index (χ0n) is 31.0. The van der Waals surface area contributed by atoms with Gasteiger partial charge in [0, 0.05) is 17.1 Å². The molecule has 0 amide bonds. The van der Waals surface area contributed by atoms with Crippen molar-refractivity contribution < 1.29 is 0 Å². The highest BCUT2D eigenvalue weighted by Crippen LogP contribution is 2.50. The molecular formula is C54H43N. The van der Waals surface area contributed by atoms with E-state index in [0.717, 1.165) is 52.2 Å². The maximum absolute atomic E-state index is 4.36. The second-order valence-electron chi connectivity index (χ2n) is 13.7. The lowest BCUT2D eigenvalue weighted by molar-refractivity contribution is 1.04. The molecule has 264 valence electrons. The van der Waals surface area contributed by atoms with Crippen LogP contribution in [-0.4, -0.2) is 0 Å². The predicted molar refractivity (Wildman–Crippen MR) is 240 cm³/mol. The Bertz CT molecular complexity index is 2570. The van der Waals surface area contributed by atoms with Crippen LogP contribution in [0.4, 0.5) is 17.1 Å². The van der Waals surface area contributed by atoms with E-state index in [1.807, 2.05) is 18.2 Å². The van der Waals surface area contributed by atoms with Crippen molar-refractivity contribution in [3.8, 4) is 22.3 Å². The third-order valence-corrected chi connectivity index (χ3v) is 10.2. The molecule has 1 aliphatic carbocycles. The van der Waals surface area contributed by atoms with E-state index in [-0.39, 0.29) is 0 Å². The molecule has 0 heterocycles. The van der Waals surface area contributed by atoms with Gasteiger partial charge >= 0.3 is 0 Å². The average Bonchev–Trinajstić information content (AvgIpc) is 3.26. The maximum atomic E-state index is 4.36. The van der Waals surface area contributed by atoms with Crippen molar-refractivity contribution in [1.82, 2.24) is 0 Å². The summed E-state index contributed by atoms with van der Waals surface area (Å²) in [6, 6.07) is 58.5. The lowest BCUT2D eigenvalue weighted by Crippen LogP contribution is -2.10. The molecule has 0 atom stereocenters. The van der Waals surface area contributed by atoms with Gasteiger partial charge in [0.25, 0.3) is 0 Å². The van der Waals surface area contributed by atoms with Crippen LogP contribution in [-0.2, 0) is 0 Å². The Morgan fingerprint density at radius 2 is 1.07 bits per heavy atom. The highest BCUT2D eigenvalue weighted by molar-refractivity contribution is 6.16. The summed E-state index contributed by atoms with van der Waals surface area (Å²) in [6.07, 6.45) is 19.3. The topological polar surface area (TPSA) is 3.24 Å². The molecule has 55 heavy (non-hydrogen) atoms. The van der Waals surface area contributed by atoms with Gasteiger partial charge < -0.3 is 4.90 Å². The average molecular weight is 706 g/mol. The van der Waals surface area contributed by atoms with Crippen molar-refractivity contribution in [3.63, 3.8) is 0 Å². The first-order chi connectivity index (χ1) is 27.2. The molecule has 0 radical (unpaired) electrons. The van der Waals surface area contributed by atoms with Crippen LogP contribution in [0, 0.1) is 0 Å². The summed E-state index contributed by atoms with van der Waals surface area (Å²) < 4.78 is 0. The molecule has 0 spiro atoms. The molecule has 0 bridgehead atoms. The van der Waals surface area contributed by atoms with Crippen molar-refractivity contribution in [3.05, 3.63) is 236 Å². The molecule has 7 aromatic rings. The lowest BCUT2D eigenvalue weighted by Gasteiger charge is -2.29. The Balaban J connectivity index is 1.42. The van der Waals surface area contributed by atoms with E-state index in [0.29, 0.717) is 0 Å². The van der Waals surface area contributed by atoms with Crippen LogP contribution in [0.15, 0.2) is 213 Å². The number of fused-ring (bicyclic) bond motifs is 1. The van der Waals surface area contributed by atoms with Crippen LogP contribution < -0.4 is 4.90 Å². The van der Waals surface area contributed by atoms with E-state index >= 15 is 0 Å². The van der Waals surface area contributed by atoms with Crippen molar-refractivity contribution in [2.24, 2.45) is 0 Å². The van der Waals surface area contributed by atoms with E-state index in [4.69, 9.17) is 0 Å². The molecule has 0 N–H and O–H groups in total. The number of nitrogens with zero attached hydrogens (tertiary/aromatic N) is 1. The summed E-state index contributed by atoms with van der Waals surface area (Å²) in [6.45, 7) is 8.49. The number of para-hydroxylation sites is 1. The standard InChI is InChI=1S/C54H43N/c1-3-20-42(4-2)53-52(44-25-14-7-15-26-44)50-39-48(37-38-49(50)51(43-23-12-6-13-24-43)54(53)45-27-16-8-17-28-45)55(46-29-18-9-19-30-46)47-35-33-41(34-36-47)32-31-40-21-10-5-11-22-40/h3-7,9-16,18-39H,1-2,8,17H2/b32-31+,42-20+. The van der Waals surface area contributed by atoms with E-state index < -0.39 is 0 Å². The van der Waals surface area contributed by atoms with Crippen LogP contribution in [0.25, 0.3) is 56.3 Å². The monoisotopic (exact) mass is 705 g/mol. The van der Waals surface area contributed by atoms with E-state index in [9.17, 15) is 0 Å². The van der Waals surface area contributed by atoms with Crippen LogP contribution in [0.1, 0.15) is 35.1 Å².